The zero-order chi connectivity index (χ0) is 13.5. The summed E-state index contributed by atoms with van der Waals surface area (Å²) in [5, 5.41) is 9.09. The van der Waals surface area contributed by atoms with Crippen LogP contribution in [0.25, 0.3) is 0 Å². The Kier molecular flexibility index (Phi) is 5.38. The summed E-state index contributed by atoms with van der Waals surface area (Å²) in [4.78, 5) is 14.1. The van der Waals surface area contributed by atoms with Gasteiger partial charge in [0.05, 0.1) is 6.07 Å². The van der Waals surface area contributed by atoms with Crippen molar-refractivity contribution < 1.29 is 4.79 Å². The van der Waals surface area contributed by atoms with Gasteiger partial charge in [-0.15, -0.1) is 0 Å². The molecule has 0 aromatic heterocycles. The van der Waals surface area contributed by atoms with E-state index in [1.807, 2.05) is 45.0 Å². The fourth-order valence-electron chi connectivity index (χ4n) is 2.03. The molecule has 96 valence electrons. The van der Waals surface area contributed by atoms with E-state index in [9.17, 15) is 4.79 Å². The number of benzene rings is 1. The smallest absolute Gasteiger partial charge is 0.244 e. The Labute approximate surface area is 109 Å². The van der Waals surface area contributed by atoms with Gasteiger partial charge in [0.15, 0.2) is 0 Å². The van der Waals surface area contributed by atoms with E-state index in [-0.39, 0.29) is 5.91 Å². The van der Waals surface area contributed by atoms with Crippen molar-refractivity contribution in [3.63, 3.8) is 0 Å². The molecule has 0 N–H and O–H groups in total. The van der Waals surface area contributed by atoms with Crippen molar-refractivity contribution in [2.45, 2.75) is 33.6 Å². The van der Waals surface area contributed by atoms with Crippen LogP contribution in [0.15, 0.2) is 24.3 Å². The number of carbonyl (C=O) groups is 1. The molecule has 0 aliphatic heterocycles. The monoisotopic (exact) mass is 244 g/mol. The highest BCUT2D eigenvalue weighted by Gasteiger charge is 2.24. The quantitative estimate of drug-likeness (QED) is 0.797. The molecule has 0 aliphatic rings. The Morgan fingerprint density at radius 3 is 2.56 bits per heavy atom. The topological polar surface area (TPSA) is 44.1 Å². The second-order valence-electron chi connectivity index (χ2n) is 4.34. The molecule has 0 aliphatic carbocycles. The summed E-state index contributed by atoms with van der Waals surface area (Å²) in [5.41, 5.74) is 1.96. The fraction of sp³-hybridized carbons (Fsp3) is 0.467. The molecule has 1 aromatic rings. The van der Waals surface area contributed by atoms with Crippen LogP contribution in [0.1, 0.15) is 32.3 Å². The van der Waals surface area contributed by atoms with Gasteiger partial charge in [0.1, 0.15) is 5.92 Å². The molecular formula is C15H20N2O. The summed E-state index contributed by atoms with van der Waals surface area (Å²) in [7, 11) is 0. The first kappa shape index (κ1) is 14.2. The number of anilines is 1. The molecule has 3 nitrogen and oxygen atoms in total. The molecule has 0 saturated carbocycles. The van der Waals surface area contributed by atoms with Crippen LogP contribution in [0.4, 0.5) is 5.69 Å². The lowest BCUT2D eigenvalue weighted by atomic mass is 10.0. The molecule has 0 spiro atoms. The van der Waals surface area contributed by atoms with Crippen LogP contribution in [-0.4, -0.2) is 12.5 Å². The van der Waals surface area contributed by atoms with Crippen LogP contribution < -0.4 is 4.90 Å². The largest absolute Gasteiger partial charge is 0.311 e. The van der Waals surface area contributed by atoms with Gasteiger partial charge in [-0.25, -0.2) is 0 Å². The number of hydrogen-bond acceptors (Lipinski definition) is 2. The van der Waals surface area contributed by atoms with Gasteiger partial charge in [-0.3, -0.25) is 4.79 Å². The first-order valence-corrected chi connectivity index (χ1v) is 6.42. The second-order valence-corrected chi connectivity index (χ2v) is 4.34. The predicted octanol–water partition coefficient (Wildman–Crippen LogP) is 3.29. The molecular weight excluding hydrogens is 224 g/mol. The Hall–Kier alpha value is -1.82. The number of aryl methyl sites for hydroxylation is 1. The van der Waals surface area contributed by atoms with E-state index in [0.29, 0.717) is 13.0 Å². The summed E-state index contributed by atoms with van der Waals surface area (Å²) in [6.07, 6.45) is 1.47. The first-order valence-electron chi connectivity index (χ1n) is 6.42. The van der Waals surface area contributed by atoms with Gasteiger partial charge in [-0.2, -0.15) is 5.26 Å². The van der Waals surface area contributed by atoms with Crippen LogP contribution in [0.2, 0.25) is 0 Å². The number of carbonyl (C=O) groups excluding carboxylic acids is 1. The number of para-hydroxylation sites is 1. The molecule has 1 unspecified atom stereocenters. The molecule has 0 heterocycles. The lowest BCUT2D eigenvalue weighted by molar-refractivity contribution is -0.121. The molecule has 0 saturated heterocycles. The SMILES string of the molecule is CCCC(C#N)C(=O)N(CC)c1ccccc1C. The van der Waals surface area contributed by atoms with Gasteiger partial charge < -0.3 is 4.90 Å². The van der Waals surface area contributed by atoms with Crippen LogP contribution >= 0.6 is 0 Å². The molecule has 0 bridgehead atoms. The van der Waals surface area contributed by atoms with Gasteiger partial charge >= 0.3 is 0 Å². The van der Waals surface area contributed by atoms with Gasteiger partial charge in [0.2, 0.25) is 5.91 Å². The zero-order valence-corrected chi connectivity index (χ0v) is 11.3. The maximum Gasteiger partial charge on any atom is 0.244 e. The maximum absolute atomic E-state index is 12.4. The highest BCUT2D eigenvalue weighted by atomic mass is 16.2. The van der Waals surface area contributed by atoms with E-state index in [1.54, 1.807) is 4.90 Å². The van der Waals surface area contributed by atoms with E-state index in [1.165, 1.54) is 0 Å². The van der Waals surface area contributed by atoms with Gasteiger partial charge in [0.25, 0.3) is 0 Å². The lowest BCUT2D eigenvalue weighted by Crippen LogP contribution is -2.36. The Morgan fingerprint density at radius 2 is 2.06 bits per heavy atom. The van der Waals surface area contributed by atoms with E-state index >= 15 is 0 Å². The highest BCUT2D eigenvalue weighted by Crippen LogP contribution is 2.22. The van der Waals surface area contributed by atoms with Crippen molar-refractivity contribution in [2.24, 2.45) is 5.92 Å². The van der Waals surface area contributed by atoms with Crippen molar-refractivity contribution in [1.29, 1.82) is 5.26 Å². The first-order chi connectivity index (χ1) is 8.65. The second kappa shape index (κ2) is 6.80. The molecule has 3 heteroatoms. The molecule has 1 amide bonds. The highest BCUT2D eigenvalue weighted by molar-refractivity contribution is 5.97. The van der Waals surface area contributed by atoms with Crippen molar-refractivity contribution in [3.05, 3.63) is 29.8 Å². The van der Waals surface area contributed by atoms with Crippen LogP contribution in [0.5, 0.6) is 0 Å². The zero-order valence-electron chi connectivity index (χ0n) is 11.3. The van der Waals surface area contributed by atoms with Crippen LogP contribution in [-0.2, 0) is 4.79 Å². The Morgan fingerprint density at radius 1 is 1.39 bits per heavy atom. The average Bonchev–Trinajstić information content (AvgIpc) is 2.38. The minimum absolute atomic E-state index is 0.0869. The van der Waals surface area contributed by atoms with Gasteiger partial charge in [-0.1, -0.05) is 31.5 Å². The number of rotatable bonds is 5. The third kappa shape index (κ3) is 3.10. The normalized spacial score (nSPS) is 11.7. The molecule has 1 atom stereocenters. The molecule has 0 fully saturated rings. The molecule has 1 aromatic carbocycles. The summed E-state index contributed by atoms with van der Waals surface area (Å²) < 4.78 is 0. The van der Waals surface area contributed by atoms with Crippen molar-refractivity contribution in [2.75, 3.05) is 11.4 Å². The van der Waals surface area contributed by atoms with Crippen molar-refractivity contribution in [1.82, 2.24) is 0 Å². The van der Waals surface area contributed by atoms with Gasteiger partial charge in [-0.05, 0) is 31.9 Å². The minimum atomic E-state index is -0.533. The van der Waals surface area contributed by atoms with E-state index in [2.05, 4.69) is 6.07 Å². The molecule has 0 radical (unpaired) electrons. The third-order valence-electron chi connectivity index (χ3n) is 3.02. The van der Waals surface area contributed by atoms with Crippen molar-refractivity contribution in [3.8, 4) is 6.07 Å². The summed E-state index contributed by atoms with van der Waals surface area (Å²) in [5.74, 6) is -0.620. The van der Waals surface area contributed by atoms with Crippen LogP contribution in [0, 0.1) is 24.2 Å². The van der Waals surface area contributed by atoms with E-state index in [4.69, 9.17) is 5.26 Å². The molecule has 1 rings (SSSR count). The average molecular weight is 244 g/mol. The number of nitrogens with zero attached hydrogens (tertiary/aromatic N) is 2. The third-order valence-corrected chi connectivity index (χ3v) is 3.02. The number of amides is 1. The van der Waals surface area contributed by atoms with Crippen molar-refractivity contribution >= 4 is 11.6 Å². The molecule has 18 heavy (non-hydrogen) atoms. The standard InChI is InChI=1S/C15H20N2O/c1-4-8-13(11-16)15(18)17(5-2)14-10-7-6-9-12(14)3/h6-7,9-10,13H,4-5,8H2,1-3H3. The van der Waals surface area contributed by atoms with E-state index in [0.717, 1.165) is 17.7 Å². The maximum atomic E-state index is 12.4. The van der Waals surface area contributed by atoms with Gasteiger partial charge in [0, 0.05) is 12.2 Å². The van der Waals surface area contributed by atoms with Crippen LogP contribution in [0.3, 0.4) is 0 Å². The minimum Gasteiger partial charge on any atom is -0.311 e. The summed E-state index contributed by atoms with van der Waals surface area (Å²) in [6.45, 7) is 6.49. The van der Waals surface area contributed by atoms with E-state index < -0.39 is 5.92 Å². The summed E-state index contributed by atoms with van der Waals surface area (Å²) >= 11 is 0. The summed E-state index contributed by atoms with van der Waals surface area (Å²) in [6, 6.07) is 9.89. The Balaban J connectivity index is 3.01. The fourth-order valence-corrected chi connectivity index (χ4v) is 2.03. The number of nitriles is 1. The number of hydrogen-bond donors (Lipinski definition) is 0. The lowest BCUT2D eigenvalue weighted by Gasteiger charge is -2.24. The Bertz CT molecular complexity index is 448. The predicted molar refractivity (Wildman–Crippen MR) is 73.2 cm³/mol.